The minimum Gasteiger partial charge on any atom is -0.378 e. The number of Topliss-reactive ketones (excluding diaryl/α,β-unsaturated/α-hetero) is 1. The van der Waals surface area contributed by atoms with Crippen LogP contribution in [0.5, 0.6) is 0 Å². The van der Waals surface area contributed by atoms with E-state index >= 15 is 0 Å². The van der Waals surface area contributed by atoms with Gasteiger partial charge in [0.15, 0.2) is 5.78 Å². The number of fused-ring (bicyclic) bond motifs is 2. The first kappa shape index (κ1) is 27.8. The number of nitrogens with two attached hydrogens (primary N) is 1. The monoisotopic (exact) mass is 565 g/mol. The fraction of sp³-hybridized carbons (Fsp3) is 0.481. The fourth-order valence-electron chi connectivity index (χ4n) is 5.56. The number of hydrogen-bond acceptors (Lipinski definition) is 6. The number of carbonyl (C=O) groups is 3. The maximum Gasteiger partial charge on any atom is 0.455 e. The number of carbonyl (C=O) groups excluding carboxylic acids is 3. The molecule has 8 nitrogen and oxygen atoms in total. The van der Waals surface area contributed by atoms with E-state index in [2.05, 4.69) is 15.2 Å². The molecule has 0 spiro atoms. The van der Waals surface area contributed by atoms with E-state index in [9.17, 15) is 36.3 Å². The Morgan fingerprint density at radius 2 is 1.60 bits per heavy atom. The highest BCUT2D eigenvalue weighted by molar-refractivity contribution is 6.02. The van der Waals surface area contributed by atoms with Gasteiger partial charge in [-0.05, 0) is 68.9 Å². The van der Waals surface area contributed by atoms with Crippen LogP contribution in [-0.2, 0) is 0 Å². The van der Waals surface area contributed by atoms with Crippen LogP contribution in [0.2, 0.25) is 0 Å². The number of nitrogens with one attached hydrogen (secondary N) is 2. The van der Waals surface area contributed by atoms with Crippen LogP contribution in [0, 0.1) is 5.92 Å². The number of aromatic nitrogens is 1. The average molecular weight is 566 g/mol. The Morgan fingerprint density at radius 3 is 2.15 bits per heavy atom. The molecule has 1 saturated carbocycles. The summed E-state index contributed by atoms with van der Waals surface area (Å²) in [6.45, 7) is -1.83. The maximum absolute atomic E-state index is 13.4. The van der Waals surface area contributed by atoms with Crippen LogP contribution in [0.3, 0.4) is 0 Å². The number of rotatable bonds is 9. The molecule has 1 aliphatic carbocycles. The van der Waals surface area contributed by atoms with Crippen LogP contribution in [0.1, 0.15) is 69.6 Å². The van der Waals surface area contributed by atoms with E-state index in [1.54, 1.807) is 6.20 Å². The first-order valence-corrected chi connectivity index (χ1v) is 13.1. The third-order valence-corrected chi connectivity index (χ3v) is 7.78. The summed E-state index contributed by atoms with van der Waals surface area (Å²) in [4.78, 5) is 43.8. The number of anilines is 2. The third-order valence-electron chi connectivity index (χ3n) is 7.78. The van der Waals surface area contributed by atoms with E-state index in [1.165, 1.54) is 6.07 Å². The Bertz CT molecular complexity index is 1300. The highest BCUT2D eigenvalue weighted by Gasteiger charge is 2.57. The van der Waals surface area contributed by atoms with Crippen LogP contribution in [-0.4, -0.2) is 59.4 Å². The molecule has 0 unspecified atom stereocenters. The largest absolute Gasteiger partial charge is 0.455 e. The Labute approximate surface area is 226 Å². The minimum absolute atomic E-state index is 0.0183. The van der Waals surface area contributed by atoms with Gasteiger partial charge < -0.3 is 21.3 Å². The molecule has 40 heavy (non-hydrogen) atoms. The lowest BCUT2D eigenvalue weighted by atomic mass is 9.96. The summed E-state index contributed by atoms with van der Waals surface area (Å²) in [5, 5.41) is 4.84. The number of halogens is 5. The van der Waals surface area contributed by atoms with E-state index in [1.807, 2.05) is 17.4 Å². The van der Waals surface area contributed by atoms with Gasteiger partial charge in [0.05, 0.1) is 12.1 Å². The third kappa shape index (κ3) is 5.59. The van der Waals surface area contributed by atoms with Crippen molar-refractivity contribution < 1.29 is 36.3 Å². The van der Waals surface area contributed by atoms with Crippen molar-refractivity contribution in [2.24, 2.45) is 11.7 Å². The maximum atomic E-state index is 13.4. The van der Waals surface area contributed by atoms with Crippen LogP contribution in [0.15, 0.2) is 36.5 Å². The first-order chi connectivity index (χ1) is 18.8. The molecule has 3 heterocycles. The SMILES string of the molecule is NC(=O)c1ccc(C(=O)N[C@H]2C[C@H]3CC[C@@H](C2)N3c2ccc(C(=O)C3CC3)cn2)cc1NCC(F)(F)C(F)(F)F. The highest BCUT2D eigenvalue weighted by atomic mass is 19.4. The molecule has 2 amide bonds. The van der Waals surface area contributed by atoms with Crippen molar-refractivity contribution in [3.8, 4) is 0 Å². The second kappa shape index (κ2) is 10.3. The van der Waals surface area contributed by atoms with Gasteiger partial charge in [0.1, 0.15) is 5.82 Å². The summed E-state index contributed by atoms with van der Waals surface area (Å²) in [5.41, 5.74) is 5.11. The number of hydrogen-bond donors (Lipinski definition) is 3. The number of amides is 2. The van der Waals surface area contributed by atoms with Gasteiger partial charge in [0.2, 0.25) is 0 Å². The van der Waals surface area contributed by atoms with Crippen molar-refractivity contribution in [1.29, 1.82) is 0 Å². The highest BCUT2D eigenvalue weighted by Crippen LogP contribution is 2.39. The molecular formula is C27H28F5N5O3. The second-order valence-electron chi connectivity index (χ2n) is 10.7. The topological polar surface area (TPSA) is 117 Å². The van der Waals surface area contributed by atoms with Gasteiger partial charge >= 0.3 is 12.1 Å². The lowest BCUT2D eigenvalue weighted by molar-refractivity contribution is -0.275. The van der Waals surface area contributed by atoms with E-state index in [0.29, 0.717) is 18.4 Å². The van der Waals surface area contributed by atoms with Gasteiger partial charge in [0, 0.05) is 47.1 Å². The molecule has 2 saturated heterocycles. The molecule has 1 aromatic carbocycles. The Balaban J connectivity index is 1.24. The summed E-state index contributed by atoms with van der Waals surface area (Å²) in [7, 11) is 0. The van der Waals surface area contributed by atoms with Crippen molar-refractivity contribution in [2.45, 2.75) is 68.7 Å². The lowest BCUT2D eigenvalue weighted by Crippen LogP contribution is -2.50. The molecule has 1 aromatic heterocycles. The number of pyridine rings is 1. The van der Waals surface area contributed by atoms with E-state index in [-0.39, 0.29) is 41.0 Å². The lowest BCUT2D eigenvalue weighted by Gasteiger charge is -2.40. The van der Waals surface area contributed by atoms with Crippen LogP contribution < -0.4 is 21.3 Å². The summed E-state index contributed by atoms with van der Waals surface area (Å²) in [6, 6.07) is 7.10. The summed E-state index contributed by atoms with van der Waals surface area (Å²) in [5.74, 6) is -5.65. The molecule has 0 radical (unpaired) electrons. The second-order valence-corrected chi connectivity index (χ2v) is 10.7. The van der Waals surface area contributed by atoms with Crippen LogP contribution >= 0.6 is 0 Å². The van der Waals surface area contributed by atoms with Gasteiger partial charge in [-0.1, -0.05) is 0 Å². The smallest absolute Gasteiger partial charge is 0.378 e. The number of primary amides is 1. The van der Waals surface area contributed by atoms with E-state index in [4.69, 9.17) is 5.73 Å². The number of benzene rings is 1. The van der Waals surface area contributed by atoms with Crippen LogP contribution in [0.25, 0.3) is 0 Å². The van der Waals surface area contributed by atoms with Gasteiger partial charge in [-0.15, -0.1) is 0 Å². The molecule has 2 aromatic rings. The predicted molar refractivity (Wildman–Crippen MR) is 136 cm³/mol. The molecule has 214 valence electrons. The fourth-order valence-corrected chi connectivity index (χ4v) is 5.56. The van der Waals surface area contributed by atoms with Crippen molar-refractivity contribution in [3.63, 3.8) is 0 Å². The zero-order valence-electron chi connectivity index (χ0n) is 21.3. The molecule has 13 heteroatoms. The van der Waals surface area contributed by atoms with Crippen molar-refractivity contribution >= 4 is 29.1 Å². The van der Waals surface area contributed by atoms with Crippen molar-refractivity contribution in [3.05, 3.63) is 53.2 Å². The Hall–Kier alpha value is -3.77. The number of piperidine rings is 1. The molecule has 3 aliphatic rings. The van der Waals surface area contributed by atoms with Crippen LogP contribution in [0.4, 0.5) is 33.5 Å². The van der Waals surface area contributed by atoms with Gasteiger partial charge in [0.25, 0.3) is 11.8 Å². The zero-order valence-corrected chi connectivity index (χ0v) is 21.3. The zero-order chi connectivity index (χ0) is 28.8. The quantitative estimate of drug-likeness (QED) is 0.308. The average Bonchev–Trinajstić information content (AvgIpc) is 3.71. The number of nitrogens with zero attached hydrogens (tertiary/aromatic N) is 2. The molecule has 2 bridgehead atoms. The van der Waals surface area contributed by atoms with Gasteiger partial charge in [-0.3, -0.25) is 14.4 Å². The predicted octanol–water partition coefficient (Wildman–Crippen LogP) is 4.31. The number of alkyl halides is 5. The van der Waals surface area contributed by atoms with Gasteiger partial charge in [-0.2, -0.15) is 22.0 Å². The molecule has 4 N–H and O–H groups in total. The Morgan fingerprint density at radius 1 is 0.950 bits per heavy atom. The normalized spacial score (nSPS) is 22.6. The van der Waals surface area contributed by atoms with Gasteiger partial charge in [-0.25, -0.2) is 4.98 Å². The van der Waals surface area contributed by atoms with E-state index < -0.39 is 36.1 Å². The summed E-state index contributed by atoms with van der Waals surface area (Å²) in [6.07, 6.45) is 0.712. The van der Waals surface area contributed by atoms with Crippen molar-refractivity contribution in [2.75, 3.05) is 16.8 Å². The molecule has 2 aliphatic heterocycles. The molecule has 3 atom stereocenters. The summed E-state index contributed by atoms with van der Waals surface area (Å²) < 4.78 is 64.6. The first-order valence-electron chi connectivity index (χ1n) is 13.1. The van der Waals surface area contributed by atoms with E-state index in [0.717, 1.165) is 43.6 Å². The Kier molecular flexibility index (Phi) is 7.17. The molecular weight excluding hydrogens is 537 g/mol. The minimum atomic E-state index is -5.79. The summed E-state index contributed by atoms with van der Waals surface area (Å²) >= 11 is 0. The molecule has 5 rings (SSSR count). The molecule has 3 fully saturated rings. The standard InChI is InChI=1S/C27H28F5N5O3/c28-26(29,27(30,31)32)13-35-21-9-15(3-7-20(21)24(33)39)25(40)36-17-10-18-5-6-19(11-17)37(18)22-8-4-16(12-34-22)23(38)14-1-2-14/h3-4,7-9,12,14,17-19,35H,1-2,5-6,10-11,13H2,(H2,33,39)(H,36,40)/t17-,18+,19-. The number of ketones is 1. The van der Waals surface area contributed by atoms with Crippen molar-refractivity contribution in [1.82, 2.24) is 10.3 Å².